The Kier molecular flexibility index (Phi) is 5.68. The van der Waals surface area contributed by atoms with Crippen LogP contribution in [0.1, 0.15) is 25.8 Å². The molecule has 0 amide bonds. The van der Waals surface area contributed by atoms with Crippen LogP contribution in [0.15, 0.2) is 24.3 Å². The van der Waals surface area contributed by atoms with Gasteiger partial charge < -0.3 is 10.2 Å². The van der Waals surface area contributed by atoms with E-state index in [1.165, 1.54) is 25.1 Å². The van der Waals surface area contributed by atoms with Gasteiger partial charge in [-0.05, 0) is 36.5 Å². The summed E-state index contributed by atoms with van der Waals surface area (Å²) >= 11 is 5.91. The van der Waals surface area contributed by atoms with Crippen LogP contribution in [0.25, 0.3) is 0 Å². The first kappa shape index (κ1) is 14.8. The summed E-state index contributed by atoms with van der Waals surface area (Å²) in [5.41, 5.74) is 1.38. The lowest BCUT2D eigenvalue weighted by Crippen LogP contribution is -2.51. The van der Waals surface area contributed by atoms with Gasteiger partial charge in [0.2, 0.25) is 0 Å². The molecular weight excluding hydrogens is 256 g/mol. The smallest absolute Gasteiger partial charge is 0.0406 e. The number of benzene rings is 1. The van der Waals surface area contributed by atoms with Gasteiger partial charge in [0, 0.05) is 37.2 Å². The summed E-state index contributed by atoms with van der Waals surface area (Å²) in [5, 5.41) is 4.45. The van der Waals surface area contributed by atoms with E-state index in [1.54, 1.807) is 0 Å². The number of rotatable bonds is 5. The Bertz CT molecular complexity index is 375. The molecule has 1 aromatic carbocycles. The Labute approximate surface area is 122 Å². The van der Waals surface area contributed by atoms with E-state index in [2.05, 4.69) is 36.2 Å². The van der Waals surface area contributed by atoms with Crippen molar-refractivity contribution in [3.8, 4) is 0 Å². The summed E-state index contributed by atoms with van der Waals surface area (Å²) < 4.78 is 0. The molecule has 0 spiro atoms. The topological polar surface area (TPSA) is 15.3 Å². The van der Waals surface area contributed by atoms with E-state index < -0.39 is 0 Å². The third kappa shape index (κ3) is 5.13. The zero-order chi connectivity index (χ0) is 13.7. The van der Waals surface area contributed by atoms with Crippen LogP contribution in [-0.2, 0) is 6.42 Å². The van der Waals surface area contributed by atoms with Gasteiger partial charge in [0.1, 0.15) is 0 Å². The molecule has 1 aliphatic rings. The SMILES string of the molecule is CC(C)CC1CN(CCc2ccc(Cl)cc2)CCN1. The van der Waals surface area contributed by atoms with Crippen molar-refractivity contribution in [3.63, 3.8) is 0 Å². The molecule has 2 nitrogen and oxygen atoms in total. The van der Waals surface area contributed by atoms with Crippen LogP contribution in [-0.4, -0.2) is 37.1 Å². The molecule has 1 aliphatic heterocycles. The van der Waals surface area contributed by atoms with E-state index in [0.29, 0.717) is 6.04 Å². The number of hydrogen-bond acceptors (Lipinski definition) is 2. The molecule has 1 unspecified atom stereocenters. The molecule has 3 heteroatoms. The predicted molar refractivity (Wildman–Crippen MR) is 82.8 cm³/mol. The van der Waals surface area contributed by atoms with Crippen LogP contribution in [0.3, 0.4) is 0 Å². The van der Waals surface area contributed by atoms with E-state index in [4.69, 9.17) is 11.6 Å². The molecule has 1 saturated heterocycles. The van der Waals surface area contributed by atoms with Crippen LogP contribution in [0.5, 0.6) is 0 Å². The lowest BCUT2D eigenvalue weighted by molar-refractivity contribution is 0.188. The normalized spacial score (nSPS) is 20.9. The molecule has 1 heterocycles. The molecule has 0 aliphatic carbocycles. The van der Waals surface area contributed by atoms with Crippen molar-refractivity contribution in [3.05, 3.63) is 34.9 Å². The highest BCUT2D eigenvalue weighted by Crippen LogP contribution is 2.12. The summed E-state index contributed by atoms with van der Waals surface area (Å²) in [6, 6.07) is 8.90. The third-order valence-corrected chi connectivity index (χ3v) is 3.98. The van der Waals surface area contributed by atoms with Crippen molar-refractivity contribution < 1.29 is 0 Å². The summed E-state index contributed by atoms with van der Waals surface area (Å²) in [4.78, 5) is 2.58. The van der Waals surface area contributed by atoms with Crippen molar-refractivity contribution in [1.82, 2.24) is 10.2 Å². The number of piperazine rings is 1. The lowest BCUT2D eigenvalue weighted by Gasteiger charge is -2.34. The Hall–Kier alpha value is -0.570. The second kappa shape index (κ2) is 7.28. The van der Waals surface area contributed by atoms with E-state index in [9.17, 15) is 0 Å². The molecule has 1 fully saturated rings. The Morgan fingerprint density at radius 2 is 2.05 bits per heavy atom. The molecule has 0 radical (unpaired) electrons. The van der Waals surface area contributed by atoms with Crippen LogP contribution in [0.2, 0.25) is 5.02 Å². The standard InChI is InChI=1S/C16H25ClN2/c1-13(2)11-16-12-19(10-8-18-16)9-7-14-3-5-15(17)6-4-14/h3-6,13,16,18H,7-12H2,1-2H3. The molecule has 1 aromatic rings. The number of nitrogens with zero attached hydrogens (tertiary/aromatic N) is 1. The minimum absolute atomic E-state index is 0.666. The van der Waals surface area contributed by atoms with Gasteiger partial charge >= 0.3 is 0 Å². The fraction of sp³-hybridized carbons (Fsp3) is 0.625. The quantitative estimate of drug-likeness (QED) is 0.891. The molecule has 1 N–H and O–H groups in total. The van der Waals surface area contributed by atoms with Crippen molar-refractivity contribution >= 4 is 11.6 Å². The lowest BCUT2D eigenvalue weighted by atomic mass is 10.0. The van der Waals surface area contributed by atoms with Gasteiger partial charge in [-0.1, -0.05) is 37.6 Å². The van der Waals surface area contributed by atoms with Crippen molar-refractivity contribution in [2.45, 2.75) is 32.7 Å². The number of hydrogen-bond donors (Lipinski definition) is 1. The van der Waals surface area contributed by atoms with Crippen LogP contribution < -0.4 is 5.32 Å². The minimum Gasteiger partial charge on any atom is -0.311 e. The first-order chi connectivity index (χ1) is 9.13. The van der Waals surface area contributed by atoms with Crippen molar-refractivity contribution in [2.24, 2.45) is 5.92 Å². The van der Waals surface area contributed by atoms with Gasteiger partial charge in [-0.2, -0.15) is 0 Å². The largest absolute Gasteiger partial charge is 0.311 e. The highest BCUT2D eigenvalue weighted by Gasteiger charge is 2.19. The maximum Gasteiger partial charge on any atom is 0.0406 e. The van der Waals surface area contributed by atoms with Gasteiger partial charge in [-0.3, -0.25) is 0 Å². The molecule has 19 heavy (non-hydrogen) atoms. The Morgan fingerprint density at radius 1 is 1.32 bits per heavy atom. The van der Waals surface area contributed by atoms with Crippen molar-refractivity contribution in [2.75, 3.05) is 26.2 Å². The van der Waals surface area contributed by atoms with E-state index >= 15 is 0 Å². The molecular formula is C16H25ClN2. The van der Waals surface area contributed by atoms with E-state index in [-0.39, 0.29) is 0 Å². The molecule has 0 aromatic heterocycles. The molecule has 0 saturated carbocycles. The summed E-state index contributed by atoms with van der Waals surface area (Å²) in [6.45, 7) is 9.23. The molecule has 2 rings (SSSR count). The monoisotopic (exact) mass is 280 g/mol. The second-order valence-electron chi connectivity index (χ2n) is 5.96. The summed E-state index contributed by atoms with van der Waals surface area (Å²) in [7, 11) is 0. The highest BCUT2D eigenvalue weighted by atomic mass is 35.5. The first-order valence-electron chi connectivity index (χ1n) is 7.33. The molecule has 106 valence electrons. The average Bonchev–Trinajstić information content (AvgIpc) is 2.38. The van der Waals surface area contributed by atoms with Gasteiger partial charge in [0.15, 0.2) is 0 Å². The number of nitrogens with one attached hydrogen (secondary N) is 1. The summed E-state index contributed by atoms with van der Waals surface area (Å²) in [6.07, 6.45) is 2.39. The maximum absolute atomic E-state index is 5.91. The average molecular weight is 281 g/mol. The number of halogens is 1. The van der Waals surface area contributed by atoms with Crippen LogP contribution >= 0.6 is 11.6 Å². The van der Waals surface area contributed by atoms with Crippen LogP contribution in [0, 0.1) is 5.92 Å². The van der Waals surface area contributed by atoms with Crippen LogP contribution in [0.4, 0.5) is 0 Å². The highest BCUT2D eigenvalue weighted by molar-refractivity contribution is 6.30. The summed E-state index contributed by atoms with van der Waals surface area (Å²) in [5.74, 6) is 0.772. The van der Waals surface area contributed by atoms with Gasteiger partial charge in [0.25, 0.3) is 0 Å². The molecule has 1 atom stereocenters. The van der Waals surface area contributed by atoms with Gasteiger partial charge in [-0.25, -0.2) is 0 Å². The Balaban J connectivity index is 1.77. The fourth-order valence-corrected chi connectivity index (χ4v) is 2.89. The second-order valence-corrected chi connectivity index (χ2v) is 6.39. The molecule has 0 bridgehead atoms. The Morgan fingerprint density at radius 3 is 2.74 bits per heavy atom. The fourth-order valence-electron chi connectivity index (χ4n) is 2.76. The zero-order valence-corrected chi connectivity index (χ0v) is 12.8. The van der Waals surface area contributed by atoms with Gasteiger partial charge in [0.05, 0.1) is 0 Å². The minimum atomic E-state index is 0.666. The van der Waals surface area contributed by atoms with E-state index in [1.807, 2.05) is 12.1 Å². The predicted octanol–water partition coefficient (Wildman–Crippen LogP) is 3.20. The van der Waals surface area contributed by atoms with E-state index in [0.717, 1.165) is 30.5 Å². The first-order valence-corrected chi connectivity index (χ1v) is 7.71. The van der Waals surface area contributed by atoms with Gasteiger partial charge in [-0.15, -0.1) is 0 Å². The van der Waals surface area contributed by atoms with Crippen molar-refractivity contribution in [1.29, 1.82) is 0 Å². The third-order valence-electron chi connectivity index (χ3n) is 3.73. The maximum atomic E-state index is 5.91. The zero-order valence-electron chi connectivity index (χ0n) is 12.0.